The first kappa shape index (κ1) is 18.1. The third kappa shape index (κ3) is 3.89. The van der Waals surface area contributed by atoms with E-state index in [1.807, 2.05) is 30.3 Å². The van der Waals surface area contributed by atoms with Gasteiger partial charge < -0.3 is 4.74 Å². The van der Waals surface area contributed by atoms with E-state index in [0.29, 0.717) is 22.3 Å². The average Bonchev–Trinajstić information content (AvgIpc) is 2.76. The zero-order chi connectivity index (χ0) is 20.2. The number of nitriles is 1. The number of hydrogen-bond acceptors (Lipinski definition) is 5. The number of para-hydroxylation sites is 2. The molecule has 0 saturated heterocycles. The van der Waals surface area contributed by atoms with E-state index in [2.05, 4.69) is 11.1 Å². The van der Waals surface area contributed by atoms with Gasteiger partial charge in [0.05, 0.1) is 28.9 Å². The van der Waals surface area contributed by atoms with Crippen molar-refractivity contribution in [2.45, 2.75) is 6.54 Å². The predicted molar refractivity (Wildman–Crippen MR) is 108 cm³/mol. The normalized spacial score (nSPS) is 10.4. The van der Waals surface area contributed by atoms with Crippen LogP contribution >= 0.6 is 0 Å². The van der Waals surface area contributed by atoms with Crippen molar-refractivity contribution in [1.82, 2.24) is 9.55 Å². The third-order valence-electron chi connectivity index (χ3n) is 4.47. The highest BCUT2D eigenvalue weighted by Crippen LogP contribution is 2.23. The Morgan fingerprint density at radius 3 is 2.31 bits per heavy atom. The van der Waals surface area contributed by atoms with Gasteiger partial charge >= 0.3 is 5.97 Å². The highest BCUT2D eigenvalue weighted by molar-refractivity contribution is 5.78. The van der Waals surface area contributed by atoms with Gasteiger partial charge in [-0.2, -0.15) is 5.26 Å². The molecule has 0 spiro atoms. The number of benzene rings is 3. The van der Waals surface area contributed by atoms with E-state index in [1.54, 1.807) is 42.5 Å². The zero-order valence-corrected chi connectivity index (χ0v) is 15.3. The molecule has 0 N–H and O–H groups in total. The number of nitrogens with zero attached hydrogens (tertiary/aromatic N) is 3. The number of esters is 1. The number of rotatable bonds is 4. The fraction of sp³-hybridized carbons (Fsp3) is 0.0435. The molecule has 4 aromatic rings. The quantitative estimate of drug-likeness (QED) is 0.399. The third-order valence-corrected chi connectivity index (χ3v) is 4.47. The molecule has 0 unspecified atom stereocenters. The maximum absolute atomic E-state index is 12.4. The minimum absolute atomic E-state index is 0.209. The molecule has 0 radical (unpaired) electrons. The molecule has 0 aliphatic carbocycles. The predicted octanol–water partition coefficient (Wildman–Crippen LogP) is 3.54. The van der Waals surface area contributed by atoms with Crippen LogP contribution in [0.25, 0.3) is 22.2 Å². The molecule has 3 aromatic carbocycles. The molecular weight excluding hydrogens is 366 g/mol. The van der Waals surface area contributed by atoms with Gasteiger partial charge in [0.25, 0.3) is 5.56 Å². The van der Waals surface area contributed by atoms with Gasteiger partial charge in [-0.25, -0.2) is 9.78 Å². The number of aromatic nitrogens is 2. The van der Waals surface area contributed by atoms with Crippen LogP contribution in [-0.4, -0.2) is 15.5 Å². The van der Waals surface area contributed by atoms with E-state index in [4.69, 9.17) is 10.00 Å². The topological polar surface area (TPSA) is 85.0 Å². The lowest BCUT2D eigenvalue weighted by molar-refractivity contribution is -0.135. The average molecular weight is 381 g/mol. The van der Waals surface area contributed by atoms with E-state index < -0.39 is 5.97 Å². The molecule has 6 heteroatoms. The summed E-state index contributed by atoms with van der Waals surface area (Å²) in [5, 5.41) is 8.88. The van der Waals surface area contributed by atoms with E-state index in [-0.39, 0.29) is 12.1 Å². The van der Waals surface area contributed by atoms with Crippen molar-refractivity contribution in [3.05, 3.63) is 94.9 Å². The van der Waals surface area contributed by atoms with Crippen LogP contribution in [0.4, 0.5) is 0 Å². The Bertz CT molecular complexity index is 1280. The summed E-state index contributed by atoms with van der Waals surface area (Å²) in [6, 6.07) is 23.5. The molecule has 0 atom stereocenters. The Balaban J connectivity index is 1.50. The molecule has 1 aromatic heterocycles. The summed E-state index contributed by atoms with van der Waals surface area (Å²) < 4.78 is 6.73. The molecule has 4 rings (SSSR count). The number of hydrogen-bond donors (Lipinski definition) is 0. The Labute approximate surface area is 166 Å². The van der Waals surface area contributed by atoms with Crippen LogP contribution in [0.15, 0.2) is 83.8 Å². The van der Waals surface area contributed by atoms with Gasteiger partial charge in [-0.15, -0.1) is 0 Å². The maximum Gasteiger partial charge on any atom is 0.331 e. The lowest BCUT2D eigenvalue weighted by Gasteiger charge is -2.10. The maximum atomic E-state index is 12.4. The molecule has 0 bridgehead atoms. The number of carbonyl (C=O) groups is 1. The summed E-state index contributed by atoms with van der Waals surface area (Å²) >= 11 is 0. The largest absolute Gasteiger partial charge is 0.425 e. The van der Waals surface area contributed by atoms with Crippen LogP contribution in [0, 0.1) is 11.3 Å². The zero-order valence-electron chi connectivity index (χ0n) is 15.3. The van der Waals surface area contributed by atoms with Gasteiger partial charge in [0.1, 0.15) is 12.3 Å². The lowest BCUT2D eigenvalue weighted by atomic mass is 10.0. The van der Waals surface area contributed by atoms with Crippen LogP contribution in [-0.2, 0) is 11.3 Å². The SMILES string of the molecule is N#Cc1ccc(-c2ccc(OC(=O)Cn3c(=O)cnc4ccccc43)cc2)cc1. The van der Waals surface area contributed by atoms with Crippen LogP contribution < -0.4 is 10.3 Å². The van der Waals surface area contributed by atoms with Crippen molar-refractivity contribution >= 4 is 17.0 Å². The summed E-state index contributed by atoms with van der Waals surface area (Å²) in [6.45, 7) is -0.209. The summed E-state index contributed by atoms with van der Waals surface area (Å²) in [4.78, 5) is 28.6. The van der Waals surface area contributed by atoms with Gasteiger partial charge in [-0.05, 0) is 47.5 Å². The van der Waals surface area contributed by atoms with E-state index in [9.17, 15) is 9.59 Å². The standard InChI is InChI=1S/C23H15N3O3/c24-13-16-5-7-17(8-6-16)18-9-11-19(12-10-18)29-23(28)15-26-21-4-2-1-3-20(21)25-14-22(26)27/h1-12,14H,15H2. The first-order valence-electron chi connectivity index (χ1n) is 8.90. The van der Waals surface area contributed by atoms with Crippen molar-refractivity contribution in [2.24, 2.45) is 0 Å². The molecule has 0 aliphatic rings. The Morgan fingerprint density at radius 2 is 1.62 bits per heavy atom. The van der Waals surface area contributed by atoms with Crippen molar-refractivity contribution in [1.29, 1.82) is 5.26 Å². The number of ether oxygens (including phenoxy) is 1. The lowest BCUT2D eigenvalue weighted by Crippen LogP contribution is -2.26. The second-order valence-corrected chi connectivity index (χ2v) is 6.36. The molecule has 1 heterocycles. The van der Waals surface area contributed by atoms with Gasteiger partial charge in [0.2, 0.25) is 0 Å². The highest BCUT2D eigenvalue weighted by Gasteiger charge is 2.11. The minimum atomic E-state index is -0.547. The Hall–Kier alpha value is -4.24. The second kappa shape index (κ2) is 7.79. The Kier molecular flexibility index (Phi) is 4.87. The molecule has 29 heavy (non-hydrogen) atoms. The van der Waals surface area contributed by atoms with Crippen LogP contribution in [0.3, 0.4) is 0 Å². The molecular formula is C23H15N3O3. The highest BCUT2D eigenvalue weighted by atomic mass is 16.5. The van der Waals surface area contributed by atoms with Gasteiger partial charge in [0, 0.05) is 0 Å². The van der Waals surface area contributed by atoms with E-state index in [1.165, 1.54) is 10.8 Å². The van der Waals surface area contributed by atoms with Crippen LogP contribution in [0.5, 0.6) is 5.75 Å². The number of fused-ring (bicyclic) bond motifs is 1. The fourth-order valence-corrected chi connectivity index (χ4v) is 3.02. The van der Waals surface area contributed by atoms with Gasteiger partial charge in [-0.3, -0.25) is 9.36 Å². The van der Waals surface area contributed by atoms with Gasteiger partial charge in [0.15, 0.2) is 0 Å². The molecule has 140 valence electrons. The molecule has 0 amide bonds. The molecule has 0 fully saturated rings. The van der Waals surface area contributed by atoms with Crippen LogP contribution in [0.2, 0.25) is 0 Å². The number of carbonyl (C=O) groups excluding carboxylic acids is 1. The van der Waals surface area contributed by atoms with E-state index >= 15 is 0 Å². The summed E-state index contributed by atoms with van der Waals surface area (Å²) in [5.41, 5.74) is 3.33. The molecule has 0 saturated carbocycles. The summed E-state index contributed by atoms with van der Waals surface area (Å²) in [7, 11) is 0. The first-order chi connectivity index (χ1) is 14.1. The first-order valence-corrected chi connectivity index (χ1v) is 8.90. The van der Waals surface area contributed by atoms with Crippen molar-refractivity contribution in [3.8, 4) is 22.9 Å². The van der Waals surface area contributed by atoms with Crippen molar-refractivity contribution in [2.75, 3.05) is 0 Å². The molecule has 0 aliphatic heterocycles. The minimum Gasteiger partial charge on any atom is -0.425 e. The van der Waals surface area contributed by atoms with Crippen molar-refractivity contribution < 1.29 is 9.53 Å². The van der Waals surface area contributed by atoms with Crippen molar-refractivity contribution in [3.63, 3.8) is 0 Å². The monoisotopic (exact) mass is 381 g/mol. The summed E-state index contributed by atoms with van der Waals surface area (Å²) in [5.74, 6) is -0.159. The summed E-state index contributed by atoms with van der Waals surface area (Å²) in [6.07, 6.45) is 1.20. The smallest absolute Gasteiger partial charge is 0.331 e. The molecule has 6 nitrogen and oxygen atoms in total. The Morgan fingerprint density at radius 1 is 0.966 bits per heavy atom. The second-order valence-electron chi connectivity index (χ2n) is 6.36. The fourth-order valence-electron chi connectivity index (χ4n) is 3.02. The van der Waals surface area contributed by atoms with Gasteiger partial charge in [-0.1, -0.05) is 36.4 Å². The van der Waals surface area contributed by atoms with E-state index in [0.717, 1.165) is 11.1 Å². The van der Waals surface area contributed by atoms with Crippen LogP contribution in [0.1, 0.15) is 5.56 Å².